The second-order valence-corrected chi connectivity index (χ2v) is 6.11. The van der Waals surface area contributed by atoms with Crippen molar-refractivity contribution in [3.05, 3.63) is 66.2 Å². The van der Waals surface area contributed by atoms with E-state index in [1.807, 2.05) is 38.1 Å². The van der Waals surface area contributed by atoms with Crippen molar-refractivity contribution in [1.29, 1.82) is 5.26 Å². The summed E-state index contributed by atoms with van der Waals surface area (Å²) in [7, 11) is 0. The number of aryl methyl sites for hydroxylation is 2. The fourth-order valence-corrected chi connectivity index (χ4v) is 2.57. The first kappa shape index (κ1) is 20.5. The summed E-state index contributed by atoms with van der Waals surface area (Å²) < 4.78 is 5.41. The lowest BCUT2D eigenvalue weighted by Gasteiger charge is -2.20. The number of rotatable bonds is 6. The fraction of sp³-hybridized carbons (Fsp3) is 0.190. The van der Waals surface area contributed by atoms with Crippen LogP contribution in [0.5, 0.6) is 5.75 Å². The number of benzene rings is 2. The lowest BCUT2D eigenvalue weighted by molar-refractivity contribution is 0.208. The van der Waals surface area contributed by atoms with E-state index < -0.39 is 12.1 Å². The van der Waals surface area contributed by atoms with Crippen LogP contribution in [0.3, 0.4) is 0 Å². The molecule has 7 heteroatoms. The highest BCUT2D eigenvalue weighted by Crippen LogP contribution is 2.22. The maximum absolute atomic E-state index is 12.6. The summed E-state index contributed by atoms with van der Waals surface area (Å²) in [5.74, 6) is 0.249. The number of carbonyl (C=O) groups is 2. The molecule has 28 heavy (non-hydrogen) atoms. The molecular formula is C21H22N4O3. The fourth-order valence-electron chi connectivity index (χ4n) is 2.57. The van der Waals surface area contributed by atoms with Crippen LogP contribution in [0, 0.1) is 25.2 Å². The van der Waals surface area contributed by atoms with E-state index in [9.17, 15) is 9.59 Å². The second-order valence-electron chi connectivity index (χ2n) is 6.11. The number of hydrogen-bond acceptors (Lipinski definition) is 4. The van der Waals surface area contributed by atoms with Gasteiger partial charge in [0.1, 0.15) is 12.3 Å². The van der Waals surface area contributed by atoms with Crippen molar-refractivity contribution in [2.45, 2.75) is 13.8 Å². The van der Waals surface area contributed by atoms with Gasteiger partial charge in [0.05, 0.1) is 6.07 Å². The number of ether oxygens (including phenoxy) is 1. The summed E-state index contributed by atoms with van der Waals surface area (Å²) in [6.45, 7) is 7.54. The van der Waals surface area contributed by atoms with Gasteiger partial charge in [0.25, 0.3) is 0 Å². The zero-order valence-electron chi connectivity index (χ0n) is 15.9. The lowest BCUT2D eigenvalue weighted by atomic mass is 10.1. The molecule has 0 bridgehead atoms. The molecule has 0 saturated carbocycles. The summed E-state index contributed by atoms with van der Waals surface area (Å²) in [5.41, 5.74) is 3.00. The van der Waals surface area contributed by atoms with Crippen LogP contribution in [0.1, 0.15) is 11.1 Å². The highest BCUT2D eigenvalue weighted by Gasteiger charge is 2.19. The minimum atomic E-state index is -0.681. The number of nitrogens with one attached hydrogen (secondary N) is 2. The van der Waals surface area contributed by atoms with E-state index in [0.29, 0.717) is 17.9 Å². The van der Waals surface area contributed by atoms with Gasteiger partial charge in [-0.2, -0.15) is 5.26 Å². The molecule has 7 nitrogen and oxygen atoms in total. The molecule has 0 aliphatic heterocycles. The van der Waals surface area contributed by atoms with E-state index in [2.05, 4.69) is 17.2 Å². The van der Waals surface area contributed by atoms with Crippen LogP contribution in [-0.4, -0.2) is 25.2 Å². The molecule has 2 aromatic carbocycles. The molecule has 2 aromatic rings. The molecule has 0 fully saturated rings. The van der Waals surface area contributed by atoms with E-state index >= 15 is 0 Å². The largest absolute Gasteiger partial charge is 0.420 e. The van der Waals surface area contributed by atoms with Gasteiger partial charge in [0.15, 0.2) is 0 Å². The molecular weight excluding hydrogens is 356 g/mol. The summed E-state index contributed by atoms with van der Waals surface area (Å²) >= 11 is 0. The maximum Gasteiger partial charge on any atom is 0.420 e. The predicted octanol–water partition coefficient (Wildman–Crippen LogP) is 4.14. The SMILES string of the molecule is C=CCNC(=O)Nc1cccc(OC(=O)N(CC#N)c2cc(C)cc(C)c2)c1. The Morgan fingerprint density at radius 1 is 1.21 bits per heavy atom. The van der Waals surface area contributed by atoms with Crippen LogP contribution >= 0.6 is 0 Å². The number of nitriles is 1. The molecule has 0 aliphatic carbocycles. The van der Waals surface area contributed by atoms with Gasteiger partial charge in [-0.05, 0) is 49.2 Å². The highest BCUT2D eigenvalue weighted by molar-refractivity contribution is 5.91. The van der Waals surface area contributed by atoms with E-state index in [1.54, 1.807) is 24.3 Å². The first-order valence-corrected chi connectivity index (χ1v) is 8.63. The molecule has 3 amide bonds. The average Bonchev–Trinajstić information content (AvgIpc) is 2.63. The van der Waals surface area contributed by atoms with Crippen molar-refractivity contribution >= 4 is 23.5 Å². The van der Waals surface area contributed by atoms with Crippen molar-refractivity contribution in [3.8, 4) is 11.8 Å². The molecule has 144 valence electrons. The molecule has 2 rings (SSSR count). The van der Waals surface area contributed by atoms with E-state index in [1.165, 1.54) is 11.0 Å². The van der Waals surface area contributed by atoms with E-state index in [4.69, 9.17) is 10.00 Å². The van der Waals surface area contributed by atoms with Crippen LogP contribution in [0.4, 0.5) is 21.0 Å². The van der Waals surface area contributed by atoms with Crippen LogP contribution in [0.15, 0.2) is 55.1 Å². The minimum Gasteiger partial charge on any atom is -0.410 e. The summed E-state index contributed by atoms with van der Waals surface area (Å²) in [6, 6.07) is 13.6. The maximum atomic E-state index is 12.6. The monoisotopic (exact) mass is 378 g/mol. The minimum absolute atomic E-state index is 0.149. The smallest absolute Gasteiger partial charge is 0.410 e. The Morgan fingerprint density at radius 3 is 2.57 bits per heavy atom. The molecule has 2 N–H and O–H groups in total. The predicted molar refractivity (Wildman–Crippen MR) is 109 cm³/mol. The first-order valence-electron chi connectivity index (χ1n) is 8.63. The van der Waals surface area contributed by atoms with Gasteiger partial charge in [-0.15, -0.1) is 6.58 Å². The van der Waals surface area contributed by atoms with Crippen molar-refractivity contribution in [2.75, 3.05) is 23.3 Å². The third-order valence-electron chi connectivity index (χ3n) is 3.67. The highest BCUT2D eigenvalue weighted by atomic mass is 16.6. The molecule has 0 spiro atoms. The molecule has 0 aliphatic rings. The van der Waals surface area contributed by atoms with Gasteiger partial charge in [0.2, 0.25) is 0 Å². The molecule has 0 radical (unpaired) electrons. The average molecular weight is 378 g/mol. The summed E-state index contributed by atoms with van der Waals surface area (Å²) in [6.07, 6.45) is 0.883. The third kappa shape index (κ3) is 5.88. The molecule has 0 heterocycles. The zero-order valence-corrected chi connectivity index (χ0v) is 15.9. The van der Waals surface area contributed by atoms with Crippen molar-refractivity contribution in [1.82, 2.24) is 5.32 Å². The Kier molecular flexibility index (Phi) is 7.17. The third-order valence-corrected chi connectivity index (χ3v) is 3.67. The number of hydrogen-bond donors (Lipinski definition) is 2. The number of nitrogens with zero attached hydrogens (tertiary/aromatic N) is 2. The van der Waals surface area contributed by atoms with Crippen LogP contribution in [0.2, 0.25) is 0 Å². The number of carbonyl (C=O) groups excluding carboxylic acids is 2. The number of anilines is 2. The Labute approximate surface area is 164 Å². The molecule has 0 atom stereocenters. The Bertz CT molecular complexity index is 898. The van der Waals surface area contributed by atoms with Gasteiger partial charge in [-0.1, -0.05) is 18.2 Å². The van der Waals surface area contributed by atoms with Crippen LogP contribution in [-0.2, 0) is 0 Å². The quantitative estimate of drug-likeness (QED) is 0.583. The zero-order chi connectivity index (χ0) is 20.5. The molecule has 0 saturated heterocycles. The lowest BCUT2D eigenvalue weighted by Crippen LogP contribution is -2.34. The van der Waals surface area contributed by atoms with Crippen molar-refractivity contribution in [2.24, 2.45) is 0 Å². The van der Waals surface area contributed by atoms with Gasteiger partial charge >= 0.3 is 12.1 Å². The van der Waals surface area contributed by atoms with Crippen LogP contribution in [0.25, 0.3) is 0 Å². The van der Waals surface area contributed by atoms with Crippen molar-refractivity contribution in [3.63, 3.8) is 0 Å². The molecule has 0 unspecified atom stereocenters. The second kappa shape index (κ2) is 9.78. The Morgan fingerprint density at radius 2 is 1.93 bits per heavy atom. The first-order chi connectivity index (χ1) is 13.4. The van der Waals surface area contributed by atoms with Gasteiger partial charge < -0.3 is 15.4 Å². The summed E-state index contributed by atoms with van der Waals surface area (Å²) in [5, 5.41) is 14.3. The standard InChI is InChI=1S/C21H22N4O3/c1-4-9-23-20(26)24-17-6-5-7-19(14-17)28-21(27)25(10-8-22)18-12-15(2)11-16(3)13-18/h4-7,11-14H,1,9-10H2,2-3H3,(H2,23,24,26). The van der Waals surface area contributed by atoms with Crippen LogP contribution < -0.4 is 20.3 Å². The number of amides is 3. The topological polar surface area (TPSA) is 94.5 Å². The Balaban J connectivity index is 2.15. The molecule has 0 aromatic heterocycles. The van der Waals surface area contributed by atoms with Gasteiger partial charge in [-0.25, -0.2) is 9.59 Å². The van der Waals surface area contributed by atoms with Gasteiger partial charge in [-0.3, -0.25) is 4.90 Å². The normalized spacial score (nSPS) is 9.75. The van der Waals surface area contributed by atoms with Crippen molar-refractivity contribution < 1.29 is 14.3 Å². The Hall–Kier alpha value is -3.79. The van der Waals surface area contributed by atoms with Gasteiger partial charge in [0, 0.05) is 24.0 Å². The number of urea groups is 1. The van der Waals surface area contributed by atoms with E-state index in [0.717, 1.165) is 11.1 Å². The van der Waals surface area contributed by atoms with E-state index in [-0.39, 0.29) is 12.3 Å². The summed E-state index contributed by atoms with van der Waals surface area (Å²) in [4.78, 5) is 25.6.